The molecule has 1 heterocycles. The third-order valence-electron chi connectivity index (χ3n) is 4.11. The van der Waals surface area contributed by atoms with E-state index in [1.54, 1.807) is 35.9 Å². The van der Waals surface area contributed by atoms with Gasteiger partial charge in [0.05, 0.1) is 17.8 Å². The maximum Gasteiger partial charge on any atom is 0.226 e. The van der Waals surface area contributed by atoms with Crippen LogP contribution in [0.1, 0.15) is 23.4 Å². The summed E-state index contributed by atoms with van der Waals surface area (Å²) in [7, 11) is 3.45. The highest BCUT2D eigenvalue weighted by Crippen LogP contribution is 2.19. The quantitative estimate of drug-likeness (QED) is 0.732. The zero-order valence-electron chi connectivity index (χ0n) is 14.7. The monoisotopic (exact) mass is 333 g/mol. The van der Waals surface area contributed by atoms with Gasteiger partial charge in [0.2, 0.25) is 5.91 Å². The van der Waals surface area contributed by atoms with Crippen molar-refractivity contribution in [3.8, 4) is 5.69 Å². The fraction of sp³-hybridized carbons (Fsp3) is 0.444. The number of rotatable bonds is 7. The van der Waals surface area contributed by atoms with E-state index in [-0.39, 0.29) is 11.7 Å². The summed E-state index contributed by atoms with van der Waals surface area (Å²) in [4.78, 5) is 14.1. The van der Waals surface area contributed by atoms with Gasteiger partial charge < -0.3 is 9.64 Å². The first-order chi connectivity index (χ1) is 11.4. The lowest BCUT2D eigenvalue weighted by molar-refractivity contribution is -0.129. The topological polar surface area (TPSA) is 47.4 Å². The molecular weight excluding hydrogens is 309 g/mol. The molecule has 1 amide bonds. The number of likely N-dealkylation sites (N-methyl/N-ethyl adjacent to an activating group) is 1. The molecule has 1 aromatic heterocycles. The Morgan fingerprint density at radius 1 is 1.29 bits per heavy atom. The lowest BCUT2D eigenvalue weighted by atomic mass is 10.1. The summed E-state index contributed by atoms with van der Waals surface area (Å²) in [6, 6.07) is 6.16. The van der Waals surface area contributed by atoms with E-state index in [2.05, 4.69) is 5.10 Å². The fourth-order valence-corrected chi connectivity index (χ4v) is 2.62. The molecule has 2 rings (SSSR count). The predicted octanol–water partition coefficient (Wildman–Crippen LogP) is 2.67. The van der Waals surface area contributed by atoms with Gasteiger partial charge in [-0.05, 0) is 44.5 Å². The minimum Gasteiger partial charge on any atom is -0.385 e. The van der Waals surface area contributed by atoms with Gasteiger partial charge in [0, 0.05) is 38.6 Å². The van der Waals surface area contributed by atoms with E-state index in [0.29, 0.717) is 19.6 Å². The maximum absolute atomic E-state index is 13.1. The number of aryl methyl sites for hydroxylation is 1. The standard InChI is InChI=1S/C18H24FN3O2/c1-13-17(12-18(23)21(3)10-5-11-24-4)14(2)22(20-13)16-8-6-15(19)7-9-16/h6-9H,5,10-12H2,1-4H3. The molecule has 2 aromatic rings. The maximum atomic E-state index is 13.1. The summed E-state index contributed by atoms with van der Waals surface area (Å²) in [5, 5.41) is 4.50. The van der Waals surface area contributed by atoms with Crippen molar-refractivity contribution in [1.29, 1.82) is 0 Å². The van der Waals surface area contributed by atoms with Gasteiger partial charge in [0.1, 0.15) is 5.82 Å². The Morgan fingerprint density at radius 2 is 1.96 bits per heavy atom. The molecule has 5 nitrogen and oxygen atoms in total. The molecule has 0 saturated carbocycles. The SMILES string of the molecule is COCCCN(C)C(=O)Cc1c(C)nn(-c2ccc(F)cc2)c1C. The third kappa shape index (κ3) is 4.20. The van der Waals surface area contributed by atoms with Crippen LogP contribution >= 0.6 is 0 Å². The summed E-state index contributed by atoms with van der Waals surface area (Å²) in [6.07, 6.45) is 1.12. The number of aromatic nitrogens is 2. The summed E-state index contributed by atoms with van der Waals surface area (Å²) < 4.78 is 19.9. The molecule has 0 unspecified atom stereocenters. The van der Waals surface area contributed by atoms with E-state index in [1.165, 1.54) is 12.1 Å². The first kappa shape index (κ1) is 18.1. The van der Waals surface area contributed by atoms with Gasteiger partial charge in [-0.3, -0.25) is 4.79 Å². The highest BCUT2D eigenvalue weighted by molar-refractivity contribution is 5.79. The van der Waals surface area contributed by atoms with E-state index >= 15 is 0 Å². The first-order valence-corrected chi connectivity index (χ1v) is 7.98. The summed E-state index contributed by atoms with van der Waals surface area (Å²) in [6.45, 7) is 5.12. The molecule has 0 atom stereocenters. The fourth-order valence-electron chi connectivity index (χ4n) is 2.62. The predicted molar refractivity (Wildman–Crippen MR) is 90.8 cm³/mol. The van der Waals surface area contributed by atoms with Crippen LogP contribution in [0.4, 0.5) is 4.39 Å². The molecule has 0 aliphatic carbocycles. The number of carbonyl (C=O) groups is 1. The Balaban J connectivity index is 2.14. The average molecular weight is 333 g/mol. The third-order valence-corrected chi connectivity index (χ3v) is 4.11. The number of ether oxygens (including phenoxy) is 1. The number of benzene rings is 1. The average Bonchev–Trinajstić information content (AvgIpc) is 2.84. The van der Waals surface area contributed by atoms with Crippen molar-refractivity contribution in [1.82, 2.24) is 14.7 Å². The number of methoxy groups -OCH3 is 1. The Labute approximate surface area is 142 Å². The zero-order chi connectivity index (χ0) is 17.7. The number of amides is 1. The van der Waals surface area contributed by atoms with Crippen molar-refractivity contribution in [2.24, 2.45) is 0 Å². The molecule has 0 spiro atoms. The smallest absolute Gasteiger partial charge is 0.226 e. The van der Waals surface area contributed by atoms with Crippen LogP contribution in [-0.4, -0.2) is 47.9 Å². The molecule has 130 valence electrons. The molecule has 0 fully saturated rings. The second-order valence-corrected chi connectivity index (χ2v) is 5.88. The Kier molecular flexibility index (Phi) is 6.09. The van der Waals surface area contributed by atoms with Crippen LogP contribution < -0.4 is 0 Å². The molecule has 0 radical (unpaired) electrons. The van der Waals surface area contributed by atoms with Crippen LogP contribution in [0.3, 0.4) is 0 Å². The van der Waals surface area contributed by atoms with Gasteiger partial charge in [-0.15, -0.1) is 0 Å². The Hall–Kier alpha value is -2.21. The van der Waals surface area contributed by atoms with Crippen molar-refractivity contribution in [3.63, 3.8) is 0 Å². The van der Waals surface area contributed by atoms with E-state index in [9.17, 15) is 9.18 Å². The van der Waals surface area contributed by atoms with Crippen molar-refractivity contribution < 1.29 is 13.9 Å². The summed E-state index contributed by atoms with van der Waals surface area (Å²) in [5.74, 6) is -0.232. The Bertz CT molecular complexity index is 695. The van der Waals surface area contributed by atoms with Crippen molar-refractivity contribution in [3.05, 3.63) is 47.0 Å². The minimum absolute atomic E-state index is 0.0518. The second kappa shape index (κ2) is 8.06. The van der Waals surface area contributed by atoms with E-state index in [4.69, 9.17) is 4.74 Å². The molecule has 0 bridgehead atoms. The van der Waals surface area contributed by atoms with Crippen molar-refractivity contribution in [2.75, 3.05) is 27.3 Å². The van der Waals surface area contributed by atoms with E-state index < -0.39 is 0 Å². The molecule has 0 aliphatic rings. The summed E-state index contributed by atoms with van der Waals surface area (Å²) >= 11 is 0. The molecule has 0 N–H and O–H groups in total. The number of hydrogen-bond acceptors (Lipinski definition) is 3. The number of carbonyl (C=O) groups excluding carboxylic acids is 1. The van der Waals surface area contributed by atoms with Crippen LogP contribution in [-0.2, 0) is 16.0 Å². The van der Waals surface area contributed by atoms with Gasteiger partial charge in [-0.25, -0.2) is 9.07 Å². The molecule has 0 saturated heterocycles. The van der Waals surface area contributed by atoms with Gasteiger partial charge in [0.25, 0.3) is 0 Å². The number of nitrogens with zero attached hydrogens (tertiary/aromatic N) is 3. The largest absolute Gasteiger partial charge is 0.385 e. The summed E-state index contributed by atoms with van der Waals surface area (Å²) in [5.41, 5.74) is 3.42. The lowest BCUT2D eigenvalue weighted by Gasteiger charge is -2.17. The number of hydrogen-bond donors (Lipinski definition) is 0. The highest BCUT2D eigenvalue weighted by atomic mass is 19.1. The lowest BCUT2D eigenvalue weighted by Crippen LogP contribution is -2.30. The highest BCUT2D eigenvalue weighted by Gasteiger charge is 2.18. The van der Waals surface area contributed by atoms with E-state index in [1.807, 2.05) is 13.8 Å². The van der Waals surface area contributed by atoms with Crippen LogP contribution in [0.2, 0.25) is 0 Å². The van der Waals surface area contributed by atoms with Crippen LogP contribution in [0.25, 0.3) is 5.69 Å². The van der Waals surface area contributed by atoms with Crippen molar-refractivity contribution >= 4 is 5.91 Å². The molecule has 1 aromatic carbocycles. The van der Waals surface area contributed by atoms with Gasteiger partial charge in [0.15, 0.2) is 0 Å². The van der Waals surface area contributed by atoms with Crippen LogP contribution in [0, 0.1) is 19.7 Å². The number of halogens is 1. The first-order valence-electron chi connectivity index (χ1n) is 7.98. The van der Waals surface area contributed by atoms with Crippen LogP contribution in [0.5, 0.6) is 0 Å². The van der Waals surface area contributed by atoms with Gasteiger partial charge in [-0.2, -0.15) is 5.10 Å². The molecule has 24 heavy (non-hydrogen) atoms. The molecular formula is C18H24FN3O2. The Morgan fingerprint density at radius 3 is 2.58 bits per heavy atom. The molecule has 0 aliphatic heterocycles. The zero-order valence-corrected chi connectivity index (χ0v) is 14.7. The van der Waals surface area contributed by atoms with Gasteiger partial charge in [-0.1, -0.05) is 0 Å². The molecule has 6 heteroatoms. The second-order valence-electron chi connectivity index (χ2n) is 5.88. The normalized spacial score (nSPS) is 10.9. The van der Waals surface area contributed by atoms with E-state index in [0.717, 1.165) is 29.1 Å². The minimum atomic E-state index is -0.284. The van der Waals surface area contributed by atoms with Gasteiger partial charge >= 0.3 is 0 Å². The van der Waals surface area contributed by atoms with Crippen LogP contribution in [0.15, 0.2) is 24.3 Å². The van der Waals surface area contributed by atoms with Crippen molar-refractivity contribution in [2.45, 2.75) is 26.7 Å².